The normalized spacial score (nSPS) is 14.4. The number of methoxy groups -OCH3 is 2. The van der Waals surface area contributed by atoms with Gasteiger partial charge in [-0.05, 0) is 23.8 Å². The van der Waals surface area contributed by atoms with Gasteiger partial charge < -0.3 is 20.1 Å². The minimum Gasteiger partial charge on any atom is -0.481 e. The second-order valence-corrected chi connectivity index (χ2v) is 6.12. The summed E-state index contributed by atoms with van der Waals surface area (Å²) in [7, 11) is 2.99. The van der Waals surface area contributed by atoms with Gasteiger partial charge in [-0.2, -0.15) is 4.98 Å². The molecule has 8 heteroatoms. The van der Waals surface area contributed by atoms with Crippen molar-refractivity contribution in [3.8, 4) is 11.8 Å². The lowest BCUT2D eigenvalue weighted by molar-refractivity contribution is -0.124. The van der Waals surface area contributed by atoms with Gasteiger partial charge in [-0.25, -0.2) is 0 Å². The van der Waals surface area contributed by atoms with Crippen LogP contribution in [0, 0.1) is 0 Å². The minimum absolute atomic E-state index is 0.0410. The molecule has 2 heterocycles. The first-order chi connectivity index (χ1) is 13.1. The molecule has 1 aromatic carbocycles. The topological polar surface area (TPSA) is 92.8 Å². The Kier molecular flexibility index (Phi) is 5.87. The third kappa shape index (κ3) is 4.73. The fourth-order valence-electron chi connectivity index (χ4n) is 2.83. The van der Waals surface area contributed by atoms with E-state index in [0.717, 1.165) is 12.1 Å². The summed E-state index contributed by atoms with van der Waals surface area (Å²) in [5.74, 6) is 0.465. The standard InChI is InChI=1S/C19H22N4O4/c1-26-17-8-7-15(19(22-17)27-2)21-18(25)14-5-3-13(4-6-14)11-23-10-9-20-16(24)12-23/h3-8H,9-12H2,1-2H3,(H,20,24)(H,21,25). The molecule has 1 aliphatic rings. The van der Waals surface area contributed by atoms with Crippen LogP contribution in [0.5, 0.6) is 11.8 Å². The first-order valence-corrected chi connectivity index (χ1v) is 8.57. The number of anilines is 1. The molecule has 2 N–H and O–H groups in total. The lowest BCUT2D eigenvalue weighted by Gasteiger charge is -2.26. The summed E-state index contributed by atoms with van der Waals surface area (Å²) in [6, 6.07) is 10.6. The van der Waals surface area contributed by atoms with Crippen molar-refractivity contribution < 1.29 is 19.1 Å². The molecule has 0 radical (unpaired) electrons. The third-order valence-corrected chi connectivity index (χ3v) is 4.23. The maximum atomic E-state index is 12.5. The fraction of sp³-hybridized carbons (Fsp3) is 0.316. The van der Waals surface area contributed by atoms with Crippen molar-refractivity contribution >= 4 is 17.5 Å². The van der Waals surface area contributed by atoms with Crippen LogP contribution in [0.3, 0.4) is 0 Å². The average Bonchev–Trinajstić information content (AvgIpc) is 2.69. The summed E-state index contributed by atoms with van der Waals surface area (Å²) in [4.78, 5) is 30.2. The Labute approximate surface area is 157 Å². The van der Waals surface area contributed by atoms with Crippen LogP contribution in [0.2, 0.25) is 0 Å². The first kappa shape index (κ1) is 18.7. The molecule has 0 atom stereocenters. The van der Waals surface area contributed by atoms with Gasteiger partial charge in [-0.1, -0.05) is 12.1 Å². The van der Waals surface area contributed by atoms with E-state index >= 15 is 0 Å². The molecule has 2 amide bonds. The van der Waals surface area contributed by atoms with Gasteiger partial charge in [0, 0.05) is 31.3 Å². The average molecular weight is 370 g/mol. The predicted molar refractivity (Wildman–Crippen MR) is 100 cm³/mol. The molecule has 1 aromatic heterocycles. The lowest BCUT2D eigenvalue weighted by atomic mass is 10.1. The number of hydrogen-bond donors (Lipinski definition) is 2. The van der Waals surface area contributed by atoms with E-state index in [1.807, 2.05) is 12.1 Å². The number of pyridine rings is 1. The number of carbonyl (C=O) groups excluding carboxylic acids is 2. The maximum Gasteiger partial charge on any atom is 0.255 e. The van der Waals surface area contributed by atoms with Gasteiger partial charge in [0.25, 0.3) is 5.91 Å². The Balaban J connectivity index is 1.64. The summed E-state index contributed by atoms with van der Waals surface area (Å²) in [5, 5.41) is 5.60. The van der Waals surface area contributed by atoms with Crippen LogP contribution in [0.25, 0.3) is 0 Å². The van der Waals surface area contributed by atoms with E-state index in [9.17, 15) is 9.59 Å². The molecule has 1 aliphatic heterocycles. The molecular weight excluding hydrogens is 348 g/mol. The molecule has 2 aromatic rings. The highest BCUT2D eigenvalue weighted by Crippen LogP contribution is 2.25. The first-order valence-electron chi connectivity index (χ1n) is 8.57. The van der Waals surface area contributed by atoms with Crippen LogP contribution >= 0.6 is 0 Å². The summed E-state index contributed by atoms with van der Waals surface area (Å²) < 4.78 is 10.2. The van der Waals surface area contributed by atoms with Crippen LogP contribution < -0.4 is 20.1 Å². The molecule has 0 bridgehead atoms. The Morgan fingerprint density at radius 1 is 1.19 bits per heavy atom. The molecule has 3 rings (SSSR count). The zero-order chi connectivity index (χ0) is 19.2. The zero-order valence-corrected chi connectivity index (χ0v) is 15.3. The van der Waals surface area contributed by atoms with E-state index in [-0.39, 0.29) is 17.7 Å². The van der Waals surface area contributed by atoms with Gasteiger partial charge in [-0.3, -0.25) is 14.5 Å². The highest BCUT2D eigenvalue weighted by Gasteiger charge is 2.16. The number of nitrogens with one attached hydrogen (secondary N) is 2. The van der Waals surface area contributed by atoms with Crippen molar-refractivity contribution in [2.45, 2.75) is 6.54 Å². The summed E-state index contributed by atoms with van der Waals surface area (Å²) >= 11 is 0. The zero-order valence-electron chi connectivity index (χ0n) is 15.3. The van der Waals surface area contributed by atoms with Crippen LogP contribution in [0.4, 0.5) is 5.69 Å². The number of carbonyl (C=O) groups is 2. The van der Waals surface area contributed by atoms with E-state index in [2.05, 4.69) is 20.5 Å². The van der Waals surface area contributed by atoms with Crippen molar-refractivity contribution in [3.63, 3.8) is 0 Å². The molecule has 27 heavy (non-hydrogen) atoms. The van der Waals surface area contributed by atoms with E-state index in [4.69, 9.17) is 9.47 Å². The predicted octanol–water partition coefficient (Wildman–Crippen LogP) is 1.28. The second-order valence-electron chi connectivity index (χ2n) is 6.12. The Bertz CT molecular complexity index is 823. The van der Waals surface area contributed by atoms with E-state index < -0.39 is 0 Å². The van der Waals surface area contributed by atoms with Gasteiger partial charge in [-0.15, -0.1) is 0 Å². The summed E-state index contributed by atoms with van der Waals surface area (Å²) in [6.45, 7) is 2.55. The van der Waals surface area contributed by atoms with Crippen molar-refractivity contribution in [1.29, 1.82) is 0 Å². The van der Waals surface area contributed by atoms with Crippen LogP contribution in [0.1, 0.15) is 15.9 Å². The van der Waals surface area contributed by atoms with Gasteiger partial charge in [0.1, 0.15) is 5.69 Å². The molecule has 0 unspecified atom stereocenters. The summed E-state index contributed by atoms with van der Waals surface area (Å²) in [6.07, 6.45) is 0. The van der Waals surface area contributed by atoms with Gasteiger partial charge in [0.05, 0.1) is 20.8 Å². The number of benzene rings is 1. The molecule has 0 aliphatic carbocycles. The van der Waals surface area contributed by atoms with Crippen LogP contribution in [0.15, 0.2) is 36.4 Å². The SMILES string of the molecule is COc1ccc(NC(=O)c2ccc(CN3CCNC(=O)C3)cc2)c(OC)n1. The molecule has 0 spiro atoms. The number of rotatable bonds is 6. The van der Waals surface area contributed by atoms with Gasteiger partial charge in [0.2, 0.25) is 17.7 Å². The second kappa shape index (κ2) is 8.50. The Hall–Kier alpha value is -3.13. The van der Waals surface area contributed by atoms with Crippen LogP contribution in [-0.2, 0) is 11.3 Å². The number of piperazine rings is 1. The highest BCUT2D eigenvalue weighted by atomic mass is 16.5. The van der Waals surface area contributed by atoms with Crippen molar-refractivity contribution in [2.75, 3.05) is 39.2 Å². The largest absolute Gasteiger partial charge is 0.481 e. The monoisotopic (exact) mass is 370 g/mol. The van der Waals surface area contributed by atoms with Crippen molar-refractivity contribution in [1.82, 2.24) is 15.2 Å². The quantitative estimate of drug-likeness (QED) is 0.796. The Morgan fingerprint density at radius 2 is 1.96 bits per heavy atom. The highest BCUT2D eigenvalue weighted by molar-refractivity contribution is 6.04. The molecular formula is C19H22N4O4. The lowest BCUT2D eigenvalue weighted by Crippen LogP contribution is -2.47. The van der Waals surface area contributed by atoms with Crippen LogP contribution in [-0.4, -0.2) is 55.6 Å². The van der Waals surface area contributed by atoms with E-state index in [0.29, 0.717) is 36.8 Å². The van der Waals surface area contributed by atoms with E-state index in [1.165, 1.54) is 14.2 Å². The van der Waals surface area contributed by atoms with Gasteiger partial charge >= 0.3 is 0 Å². The number of hydrogen-bond acceptors (Lipinski definition) is 6. The van der Waals surface area contributed by atoms with Crippen molar-refractivity contribution in [3.05, 3.63) is 47.5 Å². The number of nitrogens with zero attached hydrogens (tertiary/aromatic N) is 2. The molecule has 142 valence electrons. The molecule has 1 fully saturated rings. The smallest absolute Gasteiger partial charge is 0.255 e. The maximum absolute atomic E-state index is 12.5. The van der Waals surface area contributed by atoms with Crippen molar-refractivity contribution in [2.24, 2.45) is 0 Å². The Morgan fingerprint density at radius 3 is 2.63 bits per heavy atom. The number of amides is 2. The summed E-state index contributed by atoms with van der Waals surface area (Å²) in [5.41, 5.74) is 2.03. The molecule has 8 nitrogen and oxygen atoms in total. The number of aromatic nitrogens is 1. The van der Waals surface area contributed by atoms with E-state index in [1.54, 1.807) is 24.3 Å². The molecule has 0 saturated carbocycles. The van der Waals surface area contributed by atoms with Gasteiger partial charge in [0.15, 0.2) is 0 Å². The minimum atomic E-state index is -0.260. The molecule has 1 saturated heterocycles. The third-order valence-electron chi connectivity index (χ3n) is 4.23. The fourth-order valence-corrected chi connectivity index (χ4v) is 2.83. The number of ether oxygens (including phenoxy) is 2.